The van der Waals surface area contributed by atoms with Gasteiger partial charge in [-0.2, -0.15) is 0 Å². The lowest BCUT2D eigenvalue weighted by molar-refractivity contribution is -0.127. The molecule has 0 radical (unpaired) electrons. The monoisotopic (exact) mass is 294 g/mol. The average molecular weight is 295 g/mol. The zero-order valence-electron chi connectivity index (χ0n) is 11.6. The molecule has 5 heteroatoms. The molecule has 0 atom stereocenters. The SMILES string of the molecule is CN(CC1(O)CCCC1)C(=O)/C=C/c1ccc(Cl)nc1. The van der Waals surface area contributed by atoms with Crippen LogP contribution < -0.4 is 0 Å². The van der Waals surface area contributed by atoms with Crippen LogP contribution in [0, 0.1) is 0 Å². The smallest absolute Gasteiger partial charge is 0.246 e. The molecule has 1 saturated carbocycles. The highest BCUT2D eigenvalue weighted by atomic mass is 35.5. The zero-order valence-corrected chi connectivity index (χ0v) is 12.3. The van der Waals surface area contributed by atoms with Crippen molar-refractivity contribution in [2.75, 3.05) is 13.6 Å². The van der Waals surface area contributed by atoms with E-state index in [0.717, 1.165) is 31.2 Å². The summed E-state index contributed by atoms with van der Waals surface area (Å²) in [6.07, 6.45) is 8.40. The van der Waals surface area contributed by atoms with Gasteiger partial charge in [0, 0.05) is 25.9 Å². The Morgan fingerprint density at radius 1 is 1.50 bits per heavy atom. The second kappa shape index (κ2) is 6.37. The molecule has 0 aliphatic heterocycles. The van der Waals surface area contributed by atoms with Gasteiger partial charge in [-0.15, -0.1) is 0 Å². The van der Waals surface area contributed by atoms with Crippen molar-refractivity contribution in [1.29, 1.82) is 0 Å². The summed E-state index contributed by atoms with van der Waals surface area (Å²) in [4.78, 5) is 17.5. The Balaban J connectivity index is 1.92. The summed E-state index contributed by atoms with van der Waals surface area (Å²) >= 11 is 5.70. The molecule has 1 N–H and O–H groups in total. The van der Waals surface area contributed by atoms with Gasteiger partial charge in [0.1, 0.15) is 5.15 Å². The van der Waals surface area contributed by atoms with Crippen molar-refractivity contribution in [2.24, 2.45) is 0 Å². The third kappa shape index (κ3) is 4.05. The molecule has 4 nitrogen and oxygen atoms in total. The van der Waals surface area contributed by atoms with E-state index in [4.69, 9.17) is 11.6 Å². The maximum Gasteiger partial charge on any atom is 0.246 e. The minimum absolute atomic E-state index is 0.125. The summed E-state index contributed by atoms with van der Waals surface area (Å²) in [7, 11) is 1.71. The standard InChI is InChI=1S/C15H19ClN2O2/c1-18(11-15(20)8-2-3-9-15)14(19)7-5-12-4-6-13(16)17-10-12/h4-7,10,20H,2-3,8-9,11H2,1H3/b7-5+. The molecule has 1 heterocycles. The summed E-state index contributed by atoms with van der Waals surface area (Å²) in [5.74, 6) is -0.125. The van der Waals surface area contributed by atoms with E-state index >= 15 is 0 Å². The number of pyridine rings is 1. The van der Waals surface area contributed by atoms with Gasteiger partial charge in [-0.25, -0.2) is 4.98 Å². The van der Waals surface area contributed by atoms with E-state index in [2.05, 4.69) is 4.98 Å². The summed E-state index contributed by atoms with van der Waals surface area (Å²) in [5, 5.41) is 10.7. The number of rotatable bonds is 4. The third-order valence-corrected chi connectivity index (χ3v) is 3.83. The quantitative estimate of drug-likeness (QED) is 0.686. The Morgan fingerprint density at radius 3 is 2.80 bits per heavy atom. The molecule has 1 aliphatic carbocycles. The highest BCUT2D eigenvalue weighted by Crippen LogP contribution is 2.29. The minimum atomic E-state index is -0.708. The third-order valence-electron chi connectivity index (χ3n) is 3.61. The van der Waals surface area contributed by atoms with Crippen LogP contribution in [0.25, 0.3) is 6.08 Å². The minimum Gasteiger partial charge on any atom is -0.388 e. The van der Waals surface area contributed by atoms with E-state index in [1.54, 1.807) is 36.4 Å². The highest BCUT2D eigenvalue weighted by Gasteiger charge is 2.32. The molecule has 108 valence electrons. The van der Waals surface area contributed by atoms with E-state index in [9.17, 15) is 9.90 Å². The lowest BCUT2D eigenvalue weighted by Gasteiger charge is -2.27. The van der Waals surface area contributed by atoms with Gasteiger partial charge in [-0.3, -0.25) is 4.79 Å². The van der Waals surface area contributed by atoms with Crippen LogP contribution in [0.2, 0.25) is 5.15 Å². The number of aromatic nitrogens is 1. The predicted octanol–water partition coefficient (Wildman–Crippen LogP) is 2.51. The number of hydrogen-bond acceptors (Lipinski definition) is 3. The van der Waals surface area contributed by atoms with Gasteiger partial charge in [-0.1, -0.05) is 30.5 Å². The Morgan fingerprint density at radius 2 is 2.20 bits per heavy atom. The highest BCUT2D eigenvalue weighted by molar-refractivity contribution is 6.29. The molecule has 0 aromatic carbocycles. The first-order valence-corrected chi connectivity index (χ1v) is 7.13. The van der Waals surface area contributed by atoms with Gasteiger partial charge in [-0.05, 0) is 30.5 Å². The van der Waals surface area contributed by atoms with Gasteiger partial charge in [0.2, 0.25) is 5.91 Å². The molecule has 1 aromatic heterocycles. The Hall–Kier alpha value is -1.39. The fraction of sp³-hybridized carbons (Fsp3) is 0.467. The van der Waals surface area contributed by atoms with Crippen LogP contribution in [-0.4, -0.2) is 40.1 Å². The Labute approximate surface area is 124 Å². The van der Waals surface area contributed by atoms with Gasteiger partial charge >= 0.3 is 0 Å². The number of halogens is 1. The van der Waals surface area contributed by atoms with Crippen LogP contribution in [0.15, 0.2) is 24.4 Å². The number of carbonyl (C=O) groups excluding carboxylic acids is 1. The van der Waals surface area contributed by atoms with Crippen LogP contribution in [0.5, 0.6) is 0 Å². The zero-order chi connectivity index (χ0) is 14.6. The number of amides is 1. The first-order chi connectivity index (χ1) is 9.48. The van der Waals surface area contributed by atoms with Crippen molar-refractivity contribution in [3.05, 3.63) is 35.1 Å². The second-order valence-corrected chi connectivity index (χ2v) is 5.76. The van der Waals surface area contributed by atoms with Gasteiger partial charge in [0.05, 0.1) is 5.60 Å². The largest absolute Gasteiger partial charge is 0.388 e. The number of aliphatic hydroxyl groups is 1. The molecule has 1 aliphatic rings. The van der Waals surface area contributed by atoms with E-state index in [1.165, 1.54) is 6.08 Å². The van der Waals surface area contributed by atoms with Gasteiger partial charge < -0.3 is 10.0 Å². The fourth-order valence-corrected chi connectivity index (χ4v) is 2.60. The number of likely N-dealkylation sites (N-methyl/N-ethyl adjacent to an activating group) is 1. The van der Waals surface area contributed by atoms with Crippen molar-refractivity contribution < 1.29 is 9.90 Å². The molecular weight excluding hydrogens is 276 g/mol. The lowest BCUT2D eigenvalue weighted by Crippen LogP contribution is -2.41. The van der Waals surface area contributed by atoms with Gasteiger partial charge in [0.25, 0.3) is 0 Å². The van der Waals surface area contributed by atoms with Crippen LogP contribution >= 0.6 is 11.6 Å². The Kier molecular flexibility index (Phi) is 4.78. The second-order valence-electron chi connectivity index (χ2n) is 5.37. The van der Waals surface area contributed by atoms with E-state index < -0.39 is 5.60 Å². The number of hydrogen-bond donors (Lipinski definition) is 1. The molecule has 20 heavy (non-hydrogen) atoms. The van der Waals surface area contributed by atoms with Crippen molar-refractivity contribution >= 4 is 23.6 Å². The molecule has 0 bridgehead atoms. The fourth-order valence-electron chi connectivity index (χ4n) is 2.49. The Bertz CT molecular complexity index is 493. The van der Waals surface area contributed by atoms with Crippen molar-refractivity contribution in [2.45, 2.75) is 31.3 Å². The maximum atomic E-state index is 12.0. The summed E-state index contributed by atoms with van der Waals surface area (Å²) in [6.45, 7) is 0.384. The average Bonchev–Trinajstić information content (AvgIpc) is 2.84. The summed E-state index contributed by atoms with van der Waals surface area (Å²) < 4.78 is 0. The molecule has 1 amide bonds. The van der Waals surface area contributed by atoms with E-state index in [1.807, 2.05) is 0 Å². The topological polar surface area (TPSA) is 53.4 Å². The number of nitrogens with zero attached hydrogens (tertiary/aromatic N) is 2. The predicted molar refractivity (Wildman–Crippen MR) is 79.3 cm³/mol. The molecule has 0 unspecified atom stereocenters. The molecule has 0 spiro atoms. The van der Waals surface area contributed by atoms with Gasteiger partial charge in [0.15, 0.2) is 0 Å². The molecule has 0 saturated heterocycles. The van der Waals surface area contributed by atoms with Crippen LogP contribution in [0.4, 0.5) is 0 Å². The first kappa shape index (κ1) is 15.0. The summed E-state index contributed by atoms with van der Waals surface area (Å²) in [5.41, 5.74) is 0.107. The molecule has 1 fully saturated rings. The number of carbonyl (C=O) groups is 1. The van der Waals surface area contributed by atoms with E-state index in [-0.39, 0.29) is 5.91 Å². The van der Waals surface area contributed by atoms with E-state index in [0.29, 0.717) is 11.7 Å². The maximum absolute atomic E-state index is 12.0. The van der Waals surface area contributed by atoms with Crippen LogP contribution in [-0.2, 0) is 4.79 Å². The normalized spacial score (nSPS) is 17.6. The van der Waals surface area contributed by atoms with Crippen molar-refractivity contribution in [3.8, 4) is 0 Å². The molecule has 1 aromatic rings. The van der Waals surface area contributed by atoms with Crippen molar-refractivity contribution in [1.82, 2.24) is 9.88 Å². The first-order valence-electron chi connectivity index (χ1n) is 6.76. The van der Waals surface area contributed by atoms with Crippen LogP contribution in [0.3, 0.4) is 0 Å². The van der Waals surface area contributed by atoms with Crippen molar-refractivity contribution in [3.63, 3.8) is 0 Å². The van der Waals surface area contributed by atoms with Crippen LogP contribution in [0.1, 0.15) is 31.2 Å². The lowest BCUT2D eigenvalue weighted by atomic mass is 10.0. The summed E-state index contributed by atoms with van der Waals surface area (Å²) in [6, 6.07) is 3.47. The molecule has 2 rings (SSSR count). The molecular formula is C15H19ClN2O2.